The van der Waals surface area contributed by atoms with Gasteiger partial charge in [0.25, 0.3) is 0 Å². The fourth-order valence-corrected chi connectivity index (χ4v) is 0.732. The van der Waals surface area contributed by atoms with Gasteiger partial charge in [0.15, 0.2) is 0 Å². The molecule has 0 N–H and O–H groups in total. The van der Waals surface area contributed by atoms with Crippen LogP contribution in [0, 0.1) is 0 Å². The van der Waals surface area contributed by atoms with Crippen LogP contribution >= 0.6 is 0 Å². The van der Waals surface area contributed by atoms with Crippen molar-refractivity contribution in [2.45, 2.75) is 13.8 Å². The first-order chi connectivity index (χ1) is 4.76. The van der Waals surface area contributed by atoms with Gasteiger partial charge in [0, 0.05) is 0 Å². The second-order valence-electron chi connectivity index (χ2n) is 1.97. The molecule has 0 radical (unpaired) electrons. The SMILES string of the molecule is C=C/C(=C\C)C(=C)/C=C\C. The van der Waals surface area contributed by atoms with Crippen molar-refractivity contribution in [3.05, 3.63) is 48.6 Å². The van der Waals surface area contributed by atoms with Crippen molar-refractivity contribution in [2.24, 2.45) is 0 Å². The largest absolute Gasteiger partial charge is 0.0985 e. The van der Waals surface area contributed by atoms with Crippen LogP contribution in [0.15, 0.2) is 48.6 Å². The highest BCUT2D eigenvalue weighted by Crippen LogP contribution is 2.09. The van der Waals surface area contributed by atoms with Gasteiger partial charge in [-0.05, 0) is 25.0 Å². The fourth-order valence-electron chi connectivity index (χ4n) is 0.732. The van der Waals surface area contributed by atoms with Crippen LogP contribution < -0.4 is 0 Å². The van der Waals surface area contributed by atoms with Crippen molar-refractivity contribution >= 4 is 0 Å². The Morgan fingerprint density at radius 1 is 1.30 bits per heavy atom. The molecule has 0 heteroatoms. The molecular weight excluding hydrogens is 120 g/mol. The van der Waals surface area contributed by atoms with E-state index in [9.17, 15) is 0 Å². The van der Waals surface area contributed by atoms with Crippen LogP contribution in [-0.4, -0.2) is 0 Å². The lowest BCUT2D eigenvalue weighted by atomic mass is 10.1. The van der Waals surface area contributed by atoms with E-state index >= 15 is 0 Å². The van der Waals surface area contributed by atoms with Crippen LogP contribution in [0.2, 0.25) is 0 Å². The van der Waals surface area contributed by atoms with Gasteiger partial charge in [0.2, 0.25) is 0 Å². The van der Waals surface area contributed by atoms with Crippen molar-refractivity contribution in [1.82, 2.24) is 0 Å². The number of rotatable bonds is 3. The molecule has 0 unspecified atom stereocenters. The Hall–Kier alpha value is -1.04. The van der Waals surface area contributed by atoms with Gasteiger partial charge in [-0.3, -0.25) is 0 Å². The summed E-state index contributed by atoms with van der Waals surface area (Å²) < 4.78 is 0. The highest BCUT2D eigenvalue weighted by Gasteiger charge is 1.89. The van der Waals surface area contributed by atoms with Gasteiger partial charge in [0.1, 0.15) is 0 Å². The molecule has 0 aliphatic carbocycles. The second-order valence-corrected chi connectivity index (χ2v) is 1.97. The van der Waals surface area contributed by atoms with Crippen molar-refractivity contribution < 1.29 is 0 Å². The van der Waals surface area contributed by atoms with Crippen molar-refractivity contribution in [3.63, 3.8) is 0 Å². The van der Waals surface area contributed by atoms with Crippen LogP contribution in [0.5, 0.6) is 0 Å². The molecule has 0 heterocycles. The number of hydrogen-bond donors (Lipinski definition) is 0. The third kappa shape index (κ3) is 2.49. The molecule has 0 spiro atoms. The molecule has 0 saturated heterocycles. The Kier molecular flexibility index (Phi) is 4.30. The minimum atomic E-state index is 1.01. The van der Waals surface area contributed by atoms with Crippen LogP contribution in [0.4, 0.5) is 0 Å². The van der Waals surface area contributed by atoms with Gasteiger partial charge in [-0.15, -0.1) is 0 Å². The zero-order valence-corrected chi connectivity index (χ0v) is 6.72. The van der Waals surface area contributed by atoms with Gasteiger partial charge in [-0.25, -0.2) is 0 Å². The molecule has 0 fully saturated rings. The summed E-state index contributed by atoms with van der Waals surface area (Å²) in [4.78, 5) is 0. The monoisotopic (exact) mass is 134 g/mol. The molecule has 0 aliphatic heterocycles. The first kappa shape index (κ1) is 8.96. The van der Waals surface area contributed by atoms with Gasteiger partial charge in [0.05, 0.1) is 0 Å². The van der Waals surface area contributed by atoms with Gasteiger partial charge >= 0.3 is 0 Å². The molecule has 0 rings (SSSR count). The molecular formula is C10H14. The molecule has 0 saturated carbocycles. The Morgan fingerprint density at radius 3 is 2.20 bits per heavy atom. The van der Waals surface area contributed by atoms with E-state index in [1.54, 1.807) is 0 Å². The van der Waals surface area contributed by atoms with Crippen molar-refractivity contribution in [1.29, 1.82) is 0 Å². The summed E-state index contributed by atoms with van der Waals surface area (Å²) in [5, 5.41) is 0. The standard InChI is InChI=1S/C10H14/c1-5-8-9(4)10(6-2)7-3/h5-8H,2,4H2,1,3H3/b8-5-,10-7+. The van der Waals surface area contributed by atoms with Crippen LogP contribution in [0.25, 0.3) is 0 Å². The maximum Gasteiger partial charge on any atom is -0.0239 e. The highest BCUT2D eigenvalue weighted by molar-refractivity contribution is 5.43. The van der Waals surface area contributed by atoms with E-state index in [1.807, 2.05) is 38.2 Å². The molecule has 0 aromatic carbocycles. The third-order valence-electron chi connectivity index (χ3n) is 1.27. The summed E-state index contributed by atoms with van der Waals surface area (Å²) in [6.07, 6.45) is 7.74. The lowest BCUT2D eigenvalue weighted by Gasteiger charge is -1.97. The van der Waals surface area contributed by atoms with Crippen molar-refractivity contribution in [2.75, 3.05) is 0 Å². The lowest BCUT2D eigenvalue weighted by Crippen LogP contribution is -1.77. The van der Waals surface area contributed by atoms with Gasteiger partial charge in [-0.1, -0.05) is 37.5 Å². The topological polar surface area (TPSA) is 0 Å². The minimum absolute atomic E-state index is 1.01. The predicted molar refractivity (Wildman–Crippen MR) is 47.9 cm³/mol. The molecule has 0 aromatic rings. The average Bonchev–Trinajstić information content (AvgIpc) is 1.91. The molecule has 0 atom stereocenters. The summed E-state index contributed by atoms with van der Waals surface area (Å²) in [6, 6.07) is 0. The normalized spacial score (nSPS) is 12.0. The molecule has 0 amide bonds. The van der Waals surface area contributed by atoms with E-state index in [2.05, 4.69) is 13.2 Å². The molecule has 0 aliphatic rings. The smallest absolute Gasteiger partial charge is 0.0239 e. The summed E-state index contributed by atoms with van der Waals surface area (Å²) in [7, 11) is 0. The summed E-state index contributed by atoms with van der Waals surface area (Å²) in [5.74, 6) is 0. The quantitative estimate of drug-likeness (QED) is 0.520. The maximum atomic E-state index is 3.86. The lowest BCUT2D eigenvalue weighted by molar-refractivity contribution is 1.51. The van der Waals surface area contributed by atoms with Gasteiger partial charge in [-0.2, -0.15) is 0 Å². The number of hydrogen-bond acceptors (Lipinski definition) is 0. The summed E-state index contributed by atoms with van der Waals surface area (Å²) in [6.45, 7) is 11.5. The van der Waals surface area contributed by atoms with Crippen molar-refractivity contribution in [3.8, 4) is 0 Å². The first-order valence-electron chi connectivity index (χ1n) is 3.37. The van der Waals surface area contributed by atoms with E-state index in [0.717, 1.165) is 11.1 Å². The van der Waals surface area contributed by atoms with Crippen LogP contribution in [0.1, 0.15) is 13.8 Å². The average molecular weight is 134 g/mol. The molecule has 0 bridgehead atoms. The van der Waals surface area contributed by atoms with E-state index in [1.165, 1.54) is 0 Å². The summed E-state index contributed by atoms with van der Waals surface area (Å²) >= 11 is 0. The maximum absolute atomic E-state index is 3.86. The van der Waals surface area contributed by atoms with E-state index in [4.69, 9.17) is 0 Å². The molecule has 0 aromatic heterocycles. The Balaban J connectivity index is 4.32. The second kappa shape index (κ2) is 4.80. The third-order valence-corrected chi connectivity index (χ3v) is 1.27. The van der Waals surface area contributed by atoms with E-state index in [0.29, 0.717) is 0 Å². The zero-order valence-electron chi connectivity index (χ0n) is 6.72. The number of allylic oxidation sites excluding steroid dienone is 6. The van der Waals surface area contributed by atoms with E-state index in [-0.39, 0.29) is 0 Å². The first-order valence-corrected chi connectivity index (χ1v) is 3.37. The van der Waals surface area contributed by atoms with Crippen LogP contribution in [0.3, 0.4) is 0 Å². The molecule has 54 valence electrons. The summed E-state index contributed by atoms with van der Waals surface area (Å²) in [5.41, 5.74) is 2.11. The molecule has 10 heavy (non-hydrogen) atoms. The van der Waals surface area contributed by atoms with Crippen LogP contribution in [-0.2, 0) is 0 Å². The fraction of sp³-hybridized carbons (Fsp3) is 0.200. The Morgan fingerprint density at radius 2 is 1.90 bits per heavy atom. The Labute approximate surface area is 63.3 Å². The predicted octanol–water partition coefficient (Wildman–Crippen LogP) is 3.25. The minimum Gasteiger partial charge on any atom is -0.0985 e. The van der Waals surface area contributed by atoms with Gasteiger partial charge < -0.3 is 0 Å². The zero-order chi connectivity index (χ0) is 7.98. The van der Waals surface area contributed by atoms with E-state index < -0.39 is 0 Å². The highest BCUT2D eigenvalue weighted by atomic mass is 13.9. The Bertz CT molecular complexity index is 180. The molecule has 0 nitrogen and oxygen atoms in total.